The predicted octanol–water partition coefficient (Wildman–Crippen LogP) is 2.02. The third-order valence-electron chi connectivity index (χ3n) is 3.19. The molecule has 2 rings (SSSR count). The van der Waals surface area contributed by atoms with Crippen molar-refractivity contribution in [2.24, 2.45) is 7.05 Å². The van der Waals surface area contributed by atoms with Gasteiger partial charge in [-0.2, -0.15) is 5.10 Å². The molecule has 0 bridgehead atoms. The van der Waals surface area contributed by atoms with Crippen molar-refractivity contribution in [3.8, 4) is 0 Å². The lowest BCUT2D eigenvalue weighted by molar-refractivity contribution is 0.0589. The highest BCUT2D eigenvalue weighted by Crippen LogP contribution is 2.16. The SMILES string of the molecule is CCc1ccc(C(=O)Nc2cnn(C)c2C(=O)OC)cc1. The number of nitrogens with one attached hydrogen (secondary N) is 1. The Morgan fingerprint density at radius 3 is 2.52 bits per heavy atom. The van der Waals surface area contributed by atoms with Crippen molar-refractivity contribution in [3.05, 3.63) is 47.3 Å². The molecule has 1 amide bonds. The number of hydrogen-bond donors (Lipinski definition) is 1. The molecular weight excluding hydrogens is 270 g/mol. The van der Waals surface area contributed by atoms with Gasteiger partial charge in [-0.3, -0.25) is 9.48 Å². The smallest absolute Gasteiger partial charge is 0.358 e. The molecule has 110 valence electrons. The van der Waals surface area contributed by atoms with Crippen LogP contribution >= 0.6 is 0 Å². The Balaban J connectivity index is 2.21. The van der Waals surface area contributed by atoms with E-state index in [-0.39, 0.29) is 11.6 Å². The monoisotopic (exact) mass is 287 g/mol. The number of nitrogens with zero attached hydrogens (tertiary/aromatic N) is 2. The molecular formula is C15H17N3O3. The zero-order valence-corrected chi connectivity index (χ0v) is 12.2. The molecule has 0 radical (unpaired) electrons. The van der Waals surface area contributed by atoms with E-state index < -0.39 is 5.97 Å². The van der Waals surface area contributed by atoms with Crippen molar-refractivity contribution >= 4 is 17.6 Å². The van der Waals surface area contributed by atoms with Crippen molar-refractivity contribution in [3.63, 3.8) is 0 Å². The average Bonchev–Trinajstić information content (AvgIpc) is 2.87. The van der Waals surface area contributed by atoms with Gasteiger partial charge in [-0.05, 0) is 24.1 Å². The molecule has 0 aliphatic carbocycles. The maximum atomic E-state index is 12.2. The maximum Gasteiger partial charge on any atom is 0.358 e. The fourth-order valence-electron chi connectivity index (χ4n) is 1.95. The van der Waals surface area contributed by atoms with Crippen LogP contribution in [0.3, 0.4) is 0 Å². The molecule has 1 N–H and O–H groups in total. The van der Waals surface area contributed by atoms with E-state index in [4.69, 9.17) is 0 Å². The quantitative estimate of drug-likeness (QED) is 0.873. The summed E-state index contributed by atoms with van der Waals surface area (Å²) < 4.78 is 6.05. The van der Waals surface area contributed by atoms with Crippen LogP contribution in [0.1, 0.15) is 33.3 Å². The predicted molar refractivity (Wildman–Crippen MR) is 78.3 cm³/mol. The van der Waals surface area contributed by atoms with E-state index in [9.17, 15) is 9.59 Å². The number of aromatic nitrogens is 2. The highest BCUT2D eigenvalue weighted by Gasteiger charge is 2.19. The lowest BCUT2D eigenvalue weighted by Crippen LogP contribution is -2.16. The van der Waals surface area contributed by atoms with E-state index in [1.54, 1.807) is 19.2 Å². The van der Waals surface area contributed by atoms with Crippen LogP contribution in [-0.2, 0) is 18.2 Å². The number of aryl methyl sites for hydroxylation is 2. The minimum atomic E-state index is -0.549. The topological polar surface area (TPSA) is 73.2 Å². The highest BCUT2D eigenvalue weighted by atomic mass is 16.5. The summed E-state index contributed by atoms with van der Waals surface area (Å²) in [7, 11) is 2.89. The Hall–Kier alpha value is -2.63. The van der Waals surface area contributed by atoms with E-state index in [1.165, 1.54) is 18.0 Å². The van der Waals surface area contributed by atoms with Gasteiger partial charge in [0, 0.05) is 12.6 Å². The second kappa shape index (κ2) is 6.21. The van der Waals surface area contributed by atoms with Gasteiger partial charge < -0.3 is 10.1 Å². The zero-order chi connectivity index (χ0) is 15.4. The molecule has 0 atom stereocenters. The van der Waals surface area contributed by atoms with E-state index in [1.807, 2.05) is 19.1 Å². The number of rotatable bonds is 4. The second-order valence-electron chi connectivity index (χ2n) is 4.53. The molecule has 0 spiro atoms. The number of esters is 1. The first-order valence-corrected chi connectivity index (χ1v) is 6.57. The van der Waals surface area contributed by atoms with E-state index in [0.29, 0.717) is 11.3 Å². The molecule has 0 unspecified atom stereocenters. The molecule has 1 aromatic carbocycles. The third kappa shape index (κ3) is 3.10. The van der Waals surface area contributed by atoms with E-state index >= 15 is 0 Å². The first-order chi connectivity index (χ1) is 10.1. The Kier molecular flexibility index (Phi) is 4.37. The number of amides is 1. The van der Waals surface area contributed by atoms with Crippen molar-refractivity contribution < 1.29 is 14.3 Å². The van der Waals surface area contributed by atoms with Crippen LogP contribution in [-0.4, -0.2) is 28.8 Å². The van der Waals surface area contributed by atoms with Crippen LogP contribution in [0.25, 0.3) is 0 Å². The normalized spacial score (nSPS) is 10.2. The largest absolute Gasteiger partial charge is 0.464 e. The van der Waals surface area contributed by atoms with Gasteiger partial charge in [-0.15, -0.1) is 0 Å². The summed E-state index contributed by atoms with van der Waals surface area (Å²) in [4.78, 5) is 23.9. The first-order valence-electron chi connectivity index (χ1n) is 6.57. The highest BCUT2D eigenvalue weighted by molar-refractivity contribution is 6.07. The molecule has 1 aromatic heterocycles. The van der Waals surface area contributed by atoms with Crippen LogP contribution in [0.5, 0.6) is 0 Å². The van der Waals surface area contributed by atoms with Gasteiger partial charge in [0.25, 0.3) is 5.91 Å². The van der Waals surface area contributed by atoms with Gasteiger partial charge >= 0.3 is 5.97 Å². The summed E-state index contributed by atoms with van der Waals surface area (Å²) in [6.45, 7) is 2.05. The number of methoxy groups -OCH3 is 1. The molecule has 0 saturated carbocycles. The summed E-state index contributed by atoms with van der Waals surface area (Å²) in [5, 5.41) is 6.64. The van der Waals surface area contributed by atoms with Crippen LogP contribution in [0.2, 0.25) is 0 Å². The second-order valence-corrected chi connectivity index (χ2v) is 4.53. The van der Waals surface area contributed by atoms with Crippen LogP contribution in [0.4, 0.5) is 5.69 Å². The van der Waals surface area contributed by atoms with E-state index in [0.717, 1.165) is 12.0 Å². The Bertz CT molecular complexity index is 659. The Morgan fingerprint density at radius 1 is 1.29 bits per heavy atom. The van der Waals surface area contributed by atoms with Gasteiger partial charge in [0.05, 0.1) is 19.0 Å². The Labute approximate surface area is 122 Å². The van der Waals surface area contributed by atoms with Crippen molar-refractivity contribution in [1.82, 2.24) is 9.78 Å². The molecule has 1 heterocycles. The first kappa shape index (κ1) is 14.8. The summed E-state index contributed by atoms with van der Waals surface area (Å²) in [5.74, 6) is -0.845. The number of carbonyl (C=O) groups is 2. The van der Waals surface area contributed by atoms with Gasteiger partial charge in [-0.1, -0.05) is 19.1 Å². The molecule has 21 heavy (non-hydrogen) atoms. The summed E-state index contributed by atoms with van der Waals surface area (Å²) >= 11 is 0. The molecule has 2 aromatic rings. The van der Waals surface area contributed by atoms with Crippen LogP contribution in [0, 0.1) is 0 Å². The third-order valence-corrected chi connectivity index (χ3v) is 3.19. The number of anilines is 1. The number of ether oxygens (including phenoxy) is 1. The number of hydrogen-bond acceptors (Lipinski definition) is 4. The fraction of sp³-hybridized carbons (Fsp3) is 0.267. The lowest BCUT2D eigenvalue weighted by Gasteiger charge is -2.06. The maximum absolute atomic E-state index is 12.2. The molecule has 6 nitrogen and oxygen atoms in total. The van der Waals surface area contributed by atoms with Crippen LogP contribution in [0.15, 0.2) is 30.5 Å². The standard InChI is InChI=1S/C15H17N3O3/c1-4-10-5-7-11(8-6-10)14(19)17-12-9-16-18(2)13(12)15(20)21-3/h5-9H,4H2,1-3H3,(H,17,19). The van der Waals surface area contributed by atoms with Gasteiger partial charge in [0.1, 0.15) is 0 Å². The summed E-state index contributed by atoms with van der Waals surface area (Å²) in [6.07, 6.45) is 2.33. The van der Waals surface area contributed by atoms with Crippen molar-refractivity contribution in [2.75, 3.05) is 12.4 Å². The van der Waals surface area contributed by atoms with Crippen LogP contribution < -0.4 is 5.32 Å². The molecule has 0 aliphatic heterocycles. The summed E-state index contributed by atoms with van der Waals surface area (Å²) in [6, 6.07) is 7.31. The lowest BCUT2D eigenvalue weighted by atomic mass is 10.1. The average molecular weight is 287 g/mol. The Morgan fingerprint density at radius 2 is 1.95 bits per heavy atom. The minimum Gasteiger partial charge on any atom is -0.464 e. The van der Waals surface area contributed by atoms with Gasteiger partial charge in [0.2, 0.25) is 0 Å². The molecule has 0 fully saturated rings. The number of carbonyl (C=O) groups excluding carboxylic acids is 2. The fourth-order valence-corrected chi connectivity index (χ4v) is 1.95. The van der Waals surface area contributed by atoms with Crippen molar-refractivity contribution in [2.45, 2.75) is 13.3 Å². The van der Waals surface area contributed by atoms with Gasteiger partial charge in [-0.25, -0.2) is 4.79 Å². The summed E-state index contributed by atoms with van der Waals surface area (Å²) in [5.41, 5.74) is 2.21. The van der Waals surface area contributed by atoms with Crippen molar-refractivity contribution in [1.29, 1.82) is 0 Å². The molecule has 0 saturated heterocycles. The molecule has 0 aliphatic rings. The minimum absolute atomic E-state index is 0.205. The molecule has 6 heteroatoms. The zero-order valence-electron chi connectivity index (χ0n) is 12.2. The van der Waals surface area contributed by atoms with Gasteiger partial charge in [0.15, 0.2) is 5.69 Å². The van der Waals surface area contributed by atoms with E-state index in [2.05, 4.69) is 15.2 Å². The number of benzene rings is 1.